The van der Waals surface area contributed by atoms with E-state index in [9.17, 15) is 18.7 Å². The lowest BCUT2D eigenvalue weighted by Crippen LogP contribution is -2.66. The Labute approximate surface area is 99.8 Å². The molecular formula is C11H19F2N2O2-. The minimum Gasteiger partial charge on any atom is -0.530 e. The predicted octanol–water partition coefficient (Wildman–Crippen LogP) is 0.945. The fraction of sp³-hybridized carbons (Fsp3) is 0.909. The Morgan fingerprint density at radius 1 is 1.47 bits per heavy atom. The summed E-state index contributed by atoms with van der Waals surface area (Å²) in [7, 11) is 0. The Kier molecular flexibility index (Phi) is 3.66. The minimum atomic E-state index is -3.01. The molecule has 6 heteroatoms. The highest BCUT2D eigenvalue weighted by atomic mass is 19.3. The van der Waals surface area contributed by atoms with Gasteiger partial charge in [-0.25, -0.2) is 8.78 Å². The van der Waals surface area contributed by atoms with Gasteiger partial charge >= 0.3 is 0 Å². The molecule has 1 rings (SSSR count). The van der Waals surface area contributed by atoms with Crippen LogP contribution in [0.5, 0.6) is 0 Å². The molecule has 4 nitrogen and oxygen atoms in total. The molecule has 0 aromatic carbocycles. The number of hydrogen-bond acceptors (Lipinski definition) is 3. The molecule has 0 unspecified atom stereocenters. The van der Waals surface area contributed by atoms with Crippen molar-refractivity contribution in [3.8, 4) is 0 Å². The smallest absolute Gasteiger partial charge is 0.264 e. The average Bonchev–Trinajstić information content (AvgIpc) is 2.09. The zero-order valence-electron chi connectivity index (χ0n) is 10.4. The van der Waals surface area contributed by atoms with E-state index < -0.39 is 29.6 Å². The summed E-state index contributed by atoms with van der Waals surface area (Å²) in [6, 6.07) is -2.35. The molecule has 17 heavy (non-hydrogen) atoms. The second-order valence-corrected chi connectivity index (χ2v) is 5.55. The number of nitrogens with two attached hydrogens (primary N) is 1. The van der Waals surface area contributed by atoms with Crippen molar-refractivity contribution in [1.29, 1.82) is 0 Å². The summed E-state index contributed by atoms with van der Waals surface area (Å²) >= 11 is 0. The molecule has 0 aliphatic heterocycles. The topological polar surface area (TPSA) is 69.4 Å². The molecule has 2 N–H and O–H groups in total. The minimum absolute atomic E-state index is 0.269. The summed E-state index contributed by atoms with van der Waals surface area (Å²) in [5, 5.41) is 11.1. The van der Waals surface area contributed by atoms with E-state index in [1.165, 1.54) is 0 Å². The number of halogens is 2. The van der Waals surface area contributed by atoms with E-state index in [-0.39, 0.29) is 12.8 Å². The highest BCUT2D eigenvalue weighted by molar-refractivity contribution is 5.64. The highest BCUT2D eigenvalue weighted by Gasteiger charge is 2.48. The first-order valence-electron chi connectivity index (χ1n) is 5.71. The van der Waals surface area contributed by atoms with Crippen LogP contribution in [-0.4, -0.2) is 34.5 Å². The van der Waals surface area contributed by atoms with Gasteiger partial charge in [-0.1, -0.05) is 0 Å². The monoisotopic (exact) mass is 249 g/mol. The lowest BCUT2D eigenvalue weighted by Gasteiger charge is -2.49. The van der Waals surface area contributed by atoms with Crippen molar-refractivity contribution in [1.82, 2.24) is 4.90 Å². The van der Waals surface area contributed by atoms with Gasteiger partial charge in [0.1, 0.15) is 6.09 Å². The van der Waals surface area contributed by atoms with Gasteiger partial charge in [-0.2, -0.15) is 0 Å². The molecule has 0 saturated heterocycles. The molecule has 1 amide bonds. The fourth-order valence-corrected chi connectivity index (χ4v) is 2.37. The maximum atomic E-state index is 13.5. The number of amides is 1. The lowest BCUT2D eigenvalue weighted by molar-refractivity contribution is -0.276. The Hall–Kier alpha value is -0.910. The summed E-state index contributed by atoms with van der Waals surface area (Å²) < 4.78 is 27.0. The number of rotatable bonds is 1. The van der Waals surface area contributed by atoms with E-state index in [1.807, 2.05) is 0 Å². The largest absolute Gasteiger partial charge is 0.530 e. The molecule has 1 aliphatic rings. The van der Waals surface area contributed by atoms with Crippen molar-refractivity contribution in [2.24, 2.45) is 5.73 Å². The Morgan fingerprint density at radius 3 is 2.41 bits per heavy atom. The third-order valence-corrected chi connectivity index (χ3v) is 3.16. The van der Waals surface area contributed by atoms with Crippen molar-refractivity contribution in [3.63, 3.8) is 0 Å². The maximum absolute atomic E-state index is 13.5. The van der Waals surface area contributed by atoms with Crippen molar-refractivity contribution in [3.05, 3.63) is 0 Å². The molecule has 1 saturated carbocycles. The normalized spacial score (nSPS) is 28.8. The molecular weight excluding hydrogens is 230 g/mol. The van der Waals surface area contributed by atoms with Gasteiger partial charge in [0.05, 0.1) is 12.1 Å². The van der Waals surface area contributed by atoms with Crippen LogP contribution in [-0.2, 0) is 0 Å². The molecule has 2 atom stereocenters. The van der Waals surface area contributed by atoms with Crippen LogP contribution in [0.25, 0.3) is 0 Å². The van der Waals surface area contributed by atoms with E-state index in [1.54, 1.807) is 20.8 Å². The van der Waals surface area contributed by atoms with Crippen molar-refractivity contribution >= 4 is 6.09 Å². The van der Waals surface area contributed by atoms with Crippen LogP contribution in [0.4, 0.5) is 13.6 Å². The molecule has 1 aliphatic carbocycles. The molecule has 0 spiro atoms. The lowest BCUT2D eigenvalue weighted by atomic mass is 9.84. The third kappa shape index (κ3) is 2.86. The van der Waals surface area contributed by atoms with Crippen LogP contribution in [0.1, 0.15) is 40.0 Å². The van der Waals surface area contributed by atoms with Crippen LogP contribution in [0.2, 0.25) is 0 Å². The Bertz CT molecular complexity index is 302. The highest BCUT2D eigenvalue weighted by Crippen LogP contribution is 2.36. The van der Waals surface area contributed by atoms with E-state index in [0.29, 0.717) is 6.42 Å². The molecule has 0 bridgehead atoms. The van der Waals surface area contributed by atoms with Gasteiger partial charge in [-0.05, 0) is 33.6 Å². The van der Waals surface area contributed by atoms with Gasteiger partial charge in [0.2, 0.25) is 0 Å². The first-order chi connectivity index (χ1) is 7.57. The predicted molar refractivity (Wildman–Crippen MR) is 57.5 cm³/mol. The van der Waals surface area contributed by atoms with Crippen LogP contribution in [0.3, 0.4) is 0 Å². The second kappa shape index (κ2) is 4.40. The van der Waals surface area contributed by atoms with Gasteiger partial charge in [0, 0.05) is 12.0 Å². The van der Waals surface area contributed by atoms with Crippen molar-refractivity contribution in [2.75, 3.05) is 0 Å². The van der Waals surface area contributed by atoms with Crippen LogP contribution in [0, 0.1) is 0 Å². The van der Waals surface area contributed by atoms with Crippen LogP contribution < -0.4 is 10.8 Å². The Morgan fingerprint density at radius 2 is 2.00 bits per heavy atom. The SMILES string of the molecule is CC(C)(C)N(C(=O)[O-])[C@H]1CCCC(F)(F)[C@@H]1N. The van der Waals surface area contributed by atoms with Gasteiger partial charge in [0.25, 0.3) is 5.92 Å². The number of carbonyl (C=O) groups excluding carboxylic acids is 1. The Balaban J connectivity index is 2.99. The summed E-state index contributed by atoms with van der Waals surface area (Å²) in [6.07, 6.45) is -1.11. The zero-order chi connectivity index (χ0) is 13.4. The molecule has 1 fully saturated rings. The number of alkyl halides is 2. The first kappa shape index (κ1) is 14.2. The number of hydrogen-bond donors (Lipinski definition) is 1. The summed E-state index contributed by atoms with van der Waals surface area (Å²) in [5.41, 5.74) is 4.71. The number of carbonyl (C=O) groups is 1. The van der Waals surface area contributed by atoms with Crippen molar-refractivity contribution < 1.29 is 18.7 Å². The van der Waals surface area contributed by atoms with E-state index >= 15 is 0 Å². The summed E-state index contributed by atoms with van der Waals surface area (Å²) in [5.74, 6) is -3.01. The van der Waals surface area contributed by atoms with E-state index in [2.05, 4.69) is 0 Å². The average molecular weight is 249 g/mol. The molecule has 0 aromatic rings. The summed E-state index contributed by atoms with van der Waals surface area (Å²) in [6.45, 7) is 4.92. The van der Waals surface area contributed by atoms with E-state index in [4.69, 9.17) is 5.73 Å². The quantitative estimate of drug-likeness (QED) is 0.752. The fourth-order valence-electron chi connectivity index (χ4n) is 2.37. The second-order valence-electron chi connectivity index (χ2n) is 5.55. The molecule has 0 aromatic heterocycles. The molecule has 0 heterocycles. The number of nitrogens with zero attached hydrogens (tertiary/aromatic N) is 1. The van der Waals surface area contributed by atoms with E-state index in [0.717, 1.165) is 4.90 Å². The first-order valence-corrected chi connectivity index (χ1v) is 5.71. The maximum Gasteiger partial charge on any atom is 0.264 e. The third-order valence-electron chi connectivity index (χ3n) is 3.16. The molecule has 0 radical (unpaired) electrons. The summed E-state index contributed by atoms with van der Waals surface area (Å²) in [4.78, 5) is 12.1. The van der Waals surface area contributed by atoms with Gasteiger partial charge < -0.3 is 20.5 Å². The van der Waals surface area contributed by atoms with Crippen molar-refractivity contribution in [2.45, 2.75) is 63.6 Å². The number of carboxylic acid groups (broad SMARTS) is 1. The molecule has 100 valence electrons. The van der Waals surface area contributed by atoms with Gasteiger partial charge in [0.15, 0.2) is 0 Å². The zero-order valence-corrected chi connectivity index (χ0v) is 10.4. The van der Waals surface area contributed by atoms with Gasteiger partial charge in [-0.3, -0.25) is 0 Å². The standard InChI is InChI=1S/C11H20F2N2O2/c1-10(2,3)15(9(16)17)7-5-4-6-11(12,13)8(7)14/h7-8H,4-6,14H2,1-3H3,(H,16,17)/p-1/t7-,8+/m0/s1. The van der Waals surface area contributed by atoms with Crippen LogP contribution in [0.15, 0.2) is 0 Å². The van der Waals surface area contributed by atoms with Crippen LogP contribution >= 0.6 is 0 Å². The van der Waals surface area contributed by atoms with Gasteiger partial charge in [-0.15, -0.1) is 0 Å².